The predicted molar refractivity (Wildman–Crippen MR) is 62.0 cm³/mol. The fraction of sp³-hybridized carbons (Fsp3) is 0.167. The molecule has 0 aliphatic rings. The van der Waals surface area contributed by atoms with Crippen LogP contribution in [0.15, 0.2) is 18.3 Å². The van der Waals surface area contributed by atoms with Crippen molar-refractivity contribution in [2.24, 2.45) is 0 Å². The molecule has 0 radical (unpaired) electrons. The molecule has 2 N–H and O–H groups in total. The zero-order chi connectivity index (χ0) is 13.3. The van der Waals surface area contributed by atoms with Crippen LogP contribution in [-0.4, -0.2) is 17.6 Å². The lowest BCUT2D eigenvalue weighted by Crippen LogP contribution is -2.09. The largest absolute Gasteiger partial charge is 0.462 e. The Morgan fingerprint density at radius 1 is 1.44 bits per heavy atom. The monoisotopic (exact) mass is 252 g/mol. The topological polar surface area (TPSA) is 65.2 Å². The van der Waals surface area contributed by atoms with E-state index >= 15 is 0 Å². The highest BCUT2D eigenvalue weighted by Crippen LogP contribution is 2.26. The van der Waals surface area contributed by atoms with Gasteiger partial charge in [-0.05, 0) is 13.0 Å². The molecule has 0 unspecified atom stereocenters. The normalized spacial score (nSPS) is 10.6. The molecular formula is C12H10F2N2O2. The van der Waals surface area contributed by atoms with Crippen LogP contribution >= 0.6 is 0 Å². The number of benzene rings is 1. The van der Waals surface area contributed by atoms with Crippen molar-refractivity contribution in [3.63, 3.8) is 0 Å². The molecule has 0 saturated carbocycles. The highest BCUT2D eigenvalue weighted by Gasteiger charge is 2.16. The Bertz CT molecular complexity index is 629. The Morgan fingerprint density at radius 2 is 2.17 bits per heavy atom. The Morgan fingerprint density at radius 3 is 2.83 bits per heavy atom. The molecule has 1 aromatic carbocycles. The van der Waals surface area contributed by atoms with E-state index in [4.69, 9.17) is 10.5 Å². The van der Waals surface area contributed by atoms with Gasteiger partial charge in [-0.3, -0.25) is 4.98 Å². The number of halogens is 2. The van der Waals surface area contributed by atoms with Crippen molar-refractivity contribution < 1.29 is 18.3 Å². The summed E-state index contributed by atoms with van der Waals surface area (Å²) in [7, 11) is 0. The Kier molecular flexibility index (Phi) is 3.10. The minimum Gasteiger partial charge on any atom is -0.462 e. The smallest absolute Gasteiger partial charge is 0.341 e. The third-order valence-corrected chi connectivity index (χ3v) is 2.43. The van der Waals surface area contributed by atoms with Gasteiger partial charge in [-0.2, -0.15) is 0 Å². The minimum absolute atomic E-state index is 0.00523. The number of pyridine rings is 1. The molecule has 0 spiro atoms. The van der Waals surface area contributed by atoms with E-state index in [1.807, 2.05) is 0 Å². The van der Waals surface area contributed by atoms with E-state index in [1.165, 1.54) is 0 Å². The first kappa shape index (κ1) is 12.2. The number of carbonyl (C=O) groups is 1. The number of aromatic nitrogens is 1. The lowest BCUT2D eigenvalue weighted by atomic mass is 10.1. The highest BCUT2D eigenvalue weighted by molar-refractivity contribution is 6.04. The van der Waals surface area contributed by atoms with Crippen molar-refractivity contribution >= 4 is 22.6 Å². The first-order valence-corrected chi connectivity index (χ1v) is 5.25. The Hall–Kier alpha value is -2.24. The molecule has 0 bridgehead atoms. The maximum Gasteiger partial charge on any atom is 0.341 e. The van der Waals surface area contributed by atoms with Gasteiger partial charge in [-0.25, -0.2) is 13.6 Å². The summed E-state index contributed by atoms with van der Waals surface area (Å²) in [6.07, 6.45) is 1.12. The van der Waals surface area contributed by atoms with Crippen LogP contribution in [0.5, 0.6) is 0 Å². The molecule has 6 heteroatoms. The molecule has 0 fully saturated rings. The molecule has 1 heterocycles. The van der Waals surface area contributed by atoms with Crippen LogP contribution in [0.2, 0.25) is 0 Å². The first-order chi connectivity index (χ1) is 8.54. The van der Waals surface area contributed by atoms with E-state index in [9.17, 15) is 13.6 Å². The van der Waals surface area contributed by atoms with Gasteiger partial charge in [0.15, 0.2) is 5.82 Å². The van der Waals surface area contributed by atoms with E-state index in [0.717, 1.165) is 12.3 Å². The van der Waals surface area contributed by atoms with Crippen molar-refractivity contribution in [1.82, 2.24) is 4.98 Å². The number of carbonyl (C=O) groups excluding carboxylic acids is 1. The fourth-order valence-electron chi connectivity index (χ4n) is 1.62. The number of esters is 1. The Balaban J connectivity index is 2.67. The summed E-state index contributed by atoms with van der Waals surface area (Å²) >= 11 is 0. The third-order valence-electron chi connectivity index (χ3n) is 2.43. The maximum absolute atomic E-state index is 13.4. The number of nitrogen functional groups attached to an aromatic ring is 1. The summed E-state index contributed by atoms with van der Waals surface area (Å²) in [5, 5.41) is 0.0538. The van der Waals surface area contributed by atoms with Gasteiger partial charge in [0, 0.05) is 17.6 Å². The summed E-state index contributed by atoms with van der Waals surface area (Å²) in [6.45, 7) is 1.82. The second kappa shape index (κ2) is 4.56. The van der Waals surface area contributed by atoms with Crippen molar-refractivity contribution in [3.8, 4) is 0 Å². The molecule has 0 amide bonds. The summed E-state index contributed by atoms with van der Waals surface area (Å²) in [5.74, 6) is -2.28. The van der Waals surface area contributed by atoms with E-state index in [1.54, 1.807) is 6.92 Å². The minimum atomic E-state index is -0.827. The molecule has 18 heavy (non-hydrogen) atoms. The zero-order valence-corrected chi connectivity index (χ0v) is 9.54. The van der Waals surface area contributed by atoms with Gasteiger partial charge in [-0.1, -0.05) is 0 Å². The molecule has 0 saturated heterocycles. The summed E-state index contributed by atoms with van der Waals surface area (Å²) in [5.41, 5.74) is 5.58. The van der Waals surface area contributed by atoms with Gasteiger partial charge in [-0.15, -0.1) is 0 Å². The molecule has 1 aromatic heterocycles. The van der Waals surface area contributed by atoms with E-state index in [-0.39, 0.29) is 28.8 Å². The predicted octanol–water partition coefficient (Wildman–Crippen LogP) is 2.27. The molecule has 0 atom stereocenters. The van der Waals surface area contributed by atoms with Crippen LogP contribution in [-0.2, 0) is 4.74 Å². The number of nitrogens with zero attached hydrogens (tertiary/aromatic N) is 1. The molecule has 2 aromatic rings. The number of hydrogen-bond donors (Lipinski definition) is 1. The van der Waals surface area contributed by atoms with E-state index < -0.39 is 17.6 Å². The quantitative estimate of drug-likeness (QED) is 0.833. The molecule has 2 rings (SSSR count). The van der Waals surface area contributed by atoms with Gasteiger partial charge in [0.25, 0.3) is 0 Å². The van der Waals surface area contributed by atoms with Crippen molar-refractivity contribution in [3.05, 3.63) is 35.5 Å². The van der Waals surface area contributed by atoms with Crippen LogP contribution in [0, 0.1) is 11.6 Å². The van der Waals surface area contributed by atoms with E-state index in [0.29, 0.717) is 6.07 Å². The van der Waals surface area contributed by atoms with Gasteiger partial charge < -0.3 is 10.5 Å². The average molecular weight is 252 g/mol. The number of nitrogens with two attached hydrogens (primary N) is 1. The van der Waals surface area contributed by atoms with Crippen molar-refractivity contribution in [2.45, 2.75) is 6.92 Å². The maximum atomic E-state index is 13.4. The number of fused-ring (bicyclic) bond motifs is 1. The Labute approximate surface area is 101 Å². The molecule has 0 aliphatic carbocycles. The average Bonchev–Trinajstić information content (AvgIpc) is 2.30. The molecule has 94 valence electrons. The standard InChI is InChI=1S/C12H10F2N2O2/c1-2-18-12(17)8-5-16-11-7(10(8)15)3-6(13)4-9(11)14/h3-5H,2H2,1H3,(H2,15,16). The second-order valence-electron chi connectivity index (χ2n) is 3.59. The number of rotatable bonds is 2. The SMILES string of the molecule is CCOC(=O)c1cnc2c(F)cc(F)cc2c1N. The summed E-state index contributed by atoms with van der Waals surface area (Å²) in [6, 6.07) is 1.74. The molecular weight excluding hydrogens is 242 g/mol. The van der Waals surface area contributed by atoms with Crippen LogP contribution in [0.4, 0.5) is 14.5 Å². The van der Waals surface area contributed by atoms with Crippen molar-refractivity contribution in [1.29, 1.82) is 0 Å². The van der Waals surface area contributed by atoms with Gasteiger partial charge in [0.05, 0.1) is 12.3 Å². The molecule has 0 aliphatic heterocycles. The number of ether oxygens (including phenoxy) is 1. The zero-order valence-electron chi connectivity index (χ0n) is 9.54. The third kappa shape index (κ3) is 1.97. The van der Waals surface area contributed by atoms with Crippen LogP contribution in [0.3, 0.4) is 0 Å². The van der Waals surface area contributed by atoms with Crippen molar-refractivity contribution in [2.75, 3.05) is 12.3 Å². The van der Waals surface area contributed by atoms with Crippen LogP contribution in [0.25, 0.3) is 10.9 Å². The number of hydrogen-bond acceptors (Lipinski definition) is 4. The second-order valence-corrected chi connectivity index (χ2v) is 3.59. The fourth-order valence-corrected chi connectivity index (χ4v) is 1.62. The first-order valence-electron chi connectivity index (χ1n) is 5.25. The molecule has 4 nitrogen and oxygen atoms in total. The summed E-state index contributed by atoms with van der Waals surface area (Å²) < 4.78 is 31.3. The van der Waals surface area contributed by atoms with Crippen LogP contribution in [0.1, 0.15) is 17.3 Å². The number of anilines is 1. The van der Waals surface area contributed by atoms with Crippen LogP contribution < -0.4 is 5.73 Å². The van der Waals surface area contributed by atoms with Gasteiger partial charge in [0.1, 0.15) is 16.9 Å². The summed E-state index contributed by atoms with van der Waals surface area (Å²) in [4.78, 5) is 15.3. The lowest BCUT2D eigenvalue weighted by Gasteiger charge is -2.08. The van der Waals surface area contributed by atoms with E-state index in [2.05, 4.69) is 4.98 Å². The highest BCUT2D eigenvalue weighted by atomic mass is 19.1. The van der Waals surface area contributed by atoms with Gasteiger partial charge >= 0.3 is 5.97 Å². The van der Waals surface area contributed by atoms with Gasteiger partial charge in [0.2, 0.25) is 0 Å². The lowest BCUT2D eigenvalue weighted by molar-refractivity contribution is 0.0527.